The number of hydrogen-bond acceptors (Lipinski definition) is 4. The fraction of sp³-hybridized carbons (Fsp3) is 0.263. The quantitative estimate of drug-likeness (QED) is 0.633. The molecule has 0 aliphatic heterocycles. The summed E-state index contributed by atoms with van der Waals surface area (Å²) in [5.74, 6) is -0.172. The summed E-state index contributed by atoms with van der Waals surface area (Å²) < 4.78 is 25.2. The van der Waals surface area contributed by atoms with Gasteiger partial charge in [0.2, 0.25) is 5.91 Å². The number of fused-ring (bicyclic) bond motifs is 1. The highest BCUT2D eigenvalue weighted by Crippen LogP contribution is 2.25. The van der Waals surface area contributed by atoms with E-state index in [0.29, 0.717) is 26.9 Å². The highest BCUT2D eigenvalue weighted by Gasteiger charge is 2.18. The first-order chi connectivity index (χ1) is 13.1. The molecule has 0 spiro atoms. The van der Waals surface area contributed by atoms with Crippen LogP contribution in [0.3, 0.4) is 0 Å². The molecule has 0 aliphatic rings. The van der Waals surface area contributed by atoms with Crippen LogP contribution in [-0.2, 0) is 26.9 Å². The lowest BCUT2D eigenvalue weighted by Crippen LogP contribution is -2.30. The van der Waals surface area contributed by atoms with Crippen LogP contribution in [0.4, 0.5) is 0 Å². The summed E-state index contributed by atoms with van der Waals surface area (Å²) in [6, 6.07) is 12.1. The summed E-state index contributed by atoms with van der Waals surface area (Å²) in [6.45, 7) is 1.79. The molecule has 28 heavy (non-hydrogen) atoms. The third-order valence-corrected chi connectivity index (χ3v) is 5.77. The van der Waals surface area contributed by atoms with Crippen molar-refractivity contribution in [3.63, 3.8) is 0 Å². The fourth-order valence-corrected chi connectivity index (χ4v) is 3.94. The molecule has 3 aromatic rings. The van der Waals surface area contributed by atoms with Crippen molar-refractivity contribution < 1.29 is 13.2 Å². The number of carbonyl (C=O) groups is 1. The Morgan fingerprint density at radius 3 is 2.57 bits per heavy atom. The molecule has 0 bridgehead atoms. The van der Waals surface area contributed by atoms with Crippen LogP contribution in [0.15, 0.2) is 42.5 Å². The molecule has 0 unspecified atom stereocenters. The van der Waals surface area contributed by atoms with Gasteiger partial charge in [0, 0.05) is 6.26 Å². The second-order valence-electron chi connectivity index (χ2n) is 6.64. The minimum Gasteiger partial charge on any atom is -0.348 e. The molecule has 0 saturated carbocycles. The maximum atomic E-state index is 12.6. The Kier molecular flexibility index (Phi) is 5.98. The van der Waals surface area contributed by atoms with Crippen LogP contribution < -0.4 is 5.32 Å². The zero-order valence-corrected chi connectivity index (χ0v) is 17.6. The second kappa shape index (κ2) is 8.11. The van der Waals surface area contributed by atoms with Crippen LogP contribution >= 0.6 is 23.2 Å². The Morgan fingerprint density at radius 1 is 1.18 bits per heavy atom. The molecule has 9 heteroatoms. The van der Waals surface area contributed by atoms with E-state index in [4.69, 9.17) is 23.2 Å². The average Bonchev–Trinajstić information content (AvgIpc) is 2.92. The Hall–Kier alpha value is -2.09. The number of amides is 1. The molecule has 1 atom stereocenters. The number of sulfone groups is 1. The van der Waals surface area contributed by atoms with Gasteiger partial charge in [-0.1, -0.05) is 41.4 Å². The number of aromatic nitrogens is 2. The first-order valence-corrected chi connectivity index (χ1v) is 11.3. The van der Waals surface area contributed by atoms with Crippen molar-refractivity contribution in [2.75, 3.05) is 6.26 Å². The standard InChI is InChI=1S/C19H19Cl2N3O3S/c1-12(13-7-8-14(20)15(21)9-13)22-19(25)10-24-17-6-4-3-5-16(17)23-18(24)11-28(2,26)27/h3-9,12H,10-11H2,1-2H3,(H,22,25)/t12-/m1/s1. The smallest absolute Gasteiger partial charge is 0.240 e. The van der Waals surface area contributed by atoms with Crippen LogP contribution in [0, 0.1) is 0 Å². The topological polar surface area (TPSA) is 81.1 Å². The van der Waals surface area contributed by atoms with E-state index in [9.17, 15) is 13.2 Å². The molecule has 6 nitrogen and oxygen atoms in total. The second-order valence-corrected chi connectivity index (χ2v) is 9.59. The van der Waals surface area contributed by atoms with Crippen LogP contribution in [-0.4, -0.2) is 30.1 Å². The molecule has 0 radical (unpaired) electrons. The summed E-state index contributed by atoms with van der Waals surface area (Å²) in [6.07, 6.45) is 1.14. The van der Waals surface area contributed by atoms with E-state index in [-0.39, 0.29) is 24.2 Å². The largest absolute Gasteiger partial charge is 0.348 e. The lowest BCUT2D eigenvalue weighted by atomic mass is 10.1. The molecular formula is C19H19Cl2N3O3S. The number of halogens is 2. The molecule has 0 fully saturated rings. The van der Waals surface area contributed by atoms with Gasteiger partial charge in [-0.25, -0.2) is 13.4 Å². The highest BCUT2D eigenvalue weighted by atomic mass is 35.5. The van der Waals surface area contributed by atoms with Crippen LogP contribution in [0.1, 0.15) is 24.4 Å². The summed E-state index contributed by atoms with van der Waals surface area (Å²) in [7, 11) is -3.30. The molecular weight excluding hydrogens is 421 g/mol. The molecule has 1 aromatic heterocycles. The third-order valence-electron chi connectivity index (χ3n) is 4.25. The van der Waals surface area contributed by atoms with Gasteiger partial charge in [-0.15, -0.1) is 0 Å². The molecule has 1 amide bonds. The van der Waals surface area contributed by atoms with E-state index in [2.05, 4.69) is 10.3 Å². The monoisotopic (exact) mass is 439 g/mol. The van der Waals surface area contributed by atoms with Crippen molar-refractivity contribution in [3.05, 3.63) is 63.9 Å². The normalized spacial score (nSPS) is 12.9. The Balaban J connectivity index is 1.84. The fourth-order valence-electron chi connectivity index (χ4n) is 2.94. The van der Waals surface area contributed by atoms with Crippen molar-refractivity contribution in [2.45, 2.75) is 25.3 Å². The van der Waals surface area contributed by atoms with Crippen LogP contribution in [0.25, 0.3) is 11.0 Å². The van der Waals surface area contributed by atoms with Crippen molar-refractivity contribution in [1.82, 2.24) is 14.9 Å². The zero-order chi connectivity index (χ0) is 20.5. The van der Waals surface area contributed by atoms with Crippen LogP contribution in [0.2, 0.25) is 10.0 Å². The molecule has 1 N–H and O–H groups in total. The number of imidazole rings is 1. The summed E-state index contributed by atoms with van der Waals surface area (Å²) in [4.78, 5) is 17.0. The van der Waals surface area contributed by atoms with Crippen molar-refractivity contribution >= 4 is 50.0 Å². The molecule has 0 saturated heterocycles. The summed E-state index contributed by atoms with van der Waals surface area (Å²) in [5, 5.41) is 3.75. The van der Waals surface area contributed by atoms with Crippen molar-refractivity contribution in [1.29, 1.82) is 0 Å². The Morgan fingerprint density at radius 2 is 1.89 bits per heavy atom. The van der Waals surface area contributed by atoms with Gasteiger partial charge in [-0.2, -0.15) is 0 Å². The molecule has 0 aliphatic carbocycles. The SMILES string of the molecule is C[C@@H](NC(=O)Cn1c(CS(C)(=O)=O)nc2ccccc21)c1ccc(Cl)c(Cl)c1. The minimum atomic E-state index is -3.30. The van der Waals surface area contributed by atoms with Gasteiger partial charge in [0.15, 0.2) is 9.84 Å². The van der Waals surface area contributed by atoms with E-state index in [1.54, 1.807) is 28.8 Å². The van der Waals surface area contributed by atoms with Gasteiger partial charge in [0.25, 0.3) is 0 Å². The predicted molar refractivity (Wildman–Crippen MR) is 111 cm³/mol. The van der Waals surface area contributed by atoms with E-state index in [0.717, 1.165) is 11.8 Å². The minimum absolute atomic E-state index is 0.0446. The van der Waals surface area contributed by atoms with Gasteiger partial charge in [0.05, 0.1) is 27.1 Å². The third kappa shape index (κ3) is 4.84. The van der Waals surface area contributed by atoms with Crippen molar-refractivity contribution in [2.24, 2.45) is 0 Å². The summed E-state index contributed by atoms with van der Waals surface area (Å²) >= 11 is 12.0. The molecule has 2 aromatic carbocycles. The maximum Gasteiger partial charge on any atom is 0.240 e. The van der Waals surface area contributed by atoms with Gasteiger partial charge in [-0.3, -0.25) is 4.79 Å². The van der Waals surface area contributed by atoms with E-state index < -0.39 is 9.84 Å². The van der Waals surface area contributed by atoms with E-state index in [1.165, 1.54) is 0 Å². The van der Waals surface area contributed by atoms with Crippen molar-refractivity contribution in [3.8, 4) is 0 Å². The number of carbonyl (C=O) groups excluding carboxylic acids is 1. The Labute approximate surface area is 173 Å². The van der Waals surface area contributed by atoms with E-state index in [1.807, 2.05) is 25.1 Å². The first kappa shape index (κ1) is 20.6. The van der Waals surface area contributed by atoms with Gasteiger partial charge in [0.1, 0.15) is 18.1 Å². The highest BCUT2D eigenvalue weighted by molar-refractivity contribution is 7.89. The molecule has 3 rings (SSSR count). The maximum absolute atomic E-state index is 12.6. The van der Waals surface area contributed by atoms with E-state index >= 15 is 0 Å². The number of benzene rings is 2. The van der Waals surface area contributed by atoms with Gasteiger partial charge < -0.3 is 9.88 Å². The summed E-state index contributed by atoms with van der Waals surface area (Å²) in [5.41, 5.74) is 2.17. The average molecular weight is 440 g/mol. The first-order valence-electron chi connectivity index (χ1n) is 8.50. The zero-order valence-electron chi connectivity index (χ0n) is 15.3. The number of rotatable bonds is 6. The molecule has 1 heterocycles. The Bertz CT molecular complexity index is 1140. The number of nitrogens with zero attached hydrogens (tertiary/aromatic N) is 2. The lowest BCUT2D eigenvalue weighted by molar-refractivity contribution is -0.122. The van der Waals surface area contributed by atoms with Gasteiger partial charge in [-0.05, 0) is 36.8 Å². The lowest BCUT2D eigenvalue weighted by Gasteiger charge is -2.16. The van der Waals surface area contributed by atoms with Crippen LogP contribution in [0.5, 0.6) is 0 Å². The number of para-hydroxylation sites is 2. The molecule has 148 valence electrons. The number of nitrogens with one attached hydrogen (secondary N) is 1. The number of hydrogen-bond donors (Lipinski definition) is 1. The van der Waals surface area contributed by atoms with Gasteiger partial charge >= 0.3 is 0 Å². The predicted octanol–water partition coefficient (Wildman–Crippen LogP) is 3.77.